The second-order valence-electron chi connectivity index (χ2n) is 16.6. The van der Waals surface area contributed by atoms with Gasteiger partial charge < -0.3 is 4.57 Å². The average Bonchev–Trinajstić information content (AvgIpc) is 4.07. The van der Waals surface area contributed by atoms with E-state index in [-0.39, 0.29) is 0 Å². The van der Waals surface area contributed by atoms with E-state index in [0.717, 1.165) is 27.1 Å². The molecule has 292 valence electrons. The minimum atomic E-state index is -0.420. The summed E-state index contributed by atoms with van der Waals surface area (Å²) in [6.45, 7) is 0. The van der Waals surface area contributed by atoms with E-state index in [4.69, 9.17) is 15.0 Å². The molecule has 3 aromatic heterocycles. The molecular formula is C58H34N4S. The normalized spacial score (nSPS) is 13.2. The summed E-state index contributed by atoms with van der Waals surface area (Å²) in [5.74, 6) is 1.96. The first-order valence-corrected chi connectivity index (χ1v) is 22.3. The number of hydrogen-bond donors (Lipinski definition) is 0. The fourth-order valence-corrected chi connectivity index (χ4v) is 12.1. The Bertz CT molecular complexity index is 3760. The van der Waals surface area contributed by atoms with Gasteiger partial charge in [0.05, 0.1) is 22.1 Å². The Hall–Kier alpha value is -7.99. The maximum atomic E-state index is 5.22. The van der Waals surface area contributed by atoms with Gasteiger partial charge in [0.1, 0.15) is 0 Å². The number of hydrogen-bond acceptors (Lipinski definition) is 4. The van der Waals surface area contributed by atoms with Crippen LogP contribution in [0.5, 0.6) is 0 Å². The second-order valence-corrected chi connectivity index (χ2v) is 17.7. The number of fused-ring (bicyclic) bond motifs is 16. The smallest absolute Gasteiger partial charge is 0.165 e. The second kappa shape index (κ2) is 13.0. The van der Waals surface area contributed by atoms with Crippen molar-refractivity contribution in [3.63, 3.8) is 0 Å². The Kier molecular flexibility index (Phi) is 7.16. The number of para-hydroxylation sites is 1. The Morgan fingerprint density at radius 3 is 1.54 bits per heavy atom. The molecule has 5 heteroatoms. The van der Waals surface area contributed by atoms with Gasteiger partial charge in [-0.2, -0.15) is 0 Å². The molecule has 9 aromatic carbocycles. The summed E-state index contributed by atoms with van der Waals surface area (Å²) in [7, 11) is 0. The van der Waals surface area contributed by atoms with E-state index < -0.39 is 5.41 Å². The number of aromatic nitrogens is 4. The van der Waals surface area contributed by atoms with Crippen molar-refractivity contribution in [1.29, 1.82) is 0 Å². The molecule has 0 atom stereocenters. The van der Waals surface area contributed by atoms with Gasteiger partial charge in [-0.15, -0.1) is 11.3 Å². The molecule has 0 saturated carbocycles. The molecule has 0 amide bonds. The molecule has 3 heterocycles. The fourth-order valence-electron chi connectivity index (χ4n) is 10.9. The molecule has 0 aliphatic heterocycles. The summed E-state index contributed by atoms with van der Waals surface area (Å²) in [6.07, 6.45) is 0. The van der Waals surface area contributed by atoms with Crippen LogP contribution in [-0.4, -0.2) is 19.5 Å². The topological polar surface area (TPSA) is 43.6 Å². The van der Waals surface area contributed by atoms with Crippen LogP contribution in [0.25, 0.3) is 104 Å². The lowest BCUT2D eigenvalue weighted by atomic mass is 9.70. The summed E-state index contributed by atoms with van der Waals surface area (Å²) in [5.41, 5.74) is 16.6. The maximum Gasteiger partial charge on any atom is 0.165 e. The van der Waals surface area contributed by atoms with Crippen molar-refractivity contribution in [2.75, 3.05) is 0 Å². The van der Waals surface area contributed by atoms with E-state index in [1.54, 1.807) is 11.3 Å². The first-order valence-electron chi connectivity index (χ1n) is 21.4. The number of rotatable bonds is 4. The third kappa shape index (κ3) is 4.72. The summed E-state index contributed by atoms with van der Waals surface area (Å²) in [4.78, 5) is 15.5. The van der Waals surface area contributed by atoms with E-state index >= 15 is 0 Å². The molecule has 4 nitrogen and oxygen atoms in total. The maximum absolute atomic E-state index is 5.22. The van der Waals surface area contributed by atoms with Gasteiger partial charge in [-0.25, -0.2) is 15.0 Å². The molecule has 12 aromatic rings. The van der Waals surface area contributed by atoms with Crippen LogP contribution in [0.15, 0.2) is 206 Å². The summed E-state index contributed by atoms with van der Waals surface area (Å²) in [6, 6.07) is 74.9. The van der Waals surface area contributed by atoms with Crippen molar-refractivity contribution < 1.29 is 0 Å². The third-order valence-corrected chi connectivity index (χ3v) is 14.7. The first kappa shape index (κ1) is 34.7. The molecule has 0 saturated heterocycles. The van der Waals surface area contributed by atoms with Gasteiger partial charge in [-0.3, -0.25) is 0 Å². The van der Waals surface area contributed by atoms with Gasteiger partial charge in [0.2, 0.25) is 0 Å². The fraction of sp³-hybridized carbons (Fsp3) is 0.0172. The van der Waals surface area contributed by atoms with Crippen LogP contribution in [0.3, 0.4) is 0 Å². The number of thiophene rings is 1. The highest BCUT2D eigenvalue weighted by Gasteiger charge is 2.51. The van der Waals surface area contributed by atoms with Crippen LogP contribution in [0, 0.1) is 0 Å². The van der Waals surface area contributed by atoms with Gasteiger partial charge in [0.25, 0.3) is 0 Å². The van der Waals surface area contributed by atoms with Gasteiger partial charge in [0, 0.05) is 47.6 Å². The number of benzene rings is 9. The van der Waals surface area contributed by atoms with Crippen LogP contribution in [0.1, 0.15) is 22.3 Å². The summed E-state index contributed by atoms with van der Waals surface area (Å²) in [5, 5.41) is 4.88. The minimum Gasteiger partial charge on any atom is -0.309 e. The van der Waals surface area contributed by atoms with Crippen molar-refractivity contribution in [3.05, 3.63) is 229 Å². The lowest BCUT2D eigenvalue weighted by Gasteiger charge is -2.30. The van der Waals surface area contributed by atoms with Crippen LogP contribution in [-0.2, 0) is 5.41 Å². The quantitative estimate of drug-likeness (QED) is 0.178. The standard InChI is InChI=1S/C58H34N4S/c1-3-17-35(18-4-1)55-59-56(36-19-5-2-6-20-36)61-57(60-55)42-31-32-50(53-41-25-11-16-30-52(41)63-54(42)53)62-49-29-15-10-24-40(49)44-33-48-43(34-51(44)62)39-23-9-14-28-47(39)58(48)45-26-12-7-21-37(45)38-22-8-13-27-46(38)58/h1-34H. The van der Waals surface area contributed by atoms with Crippen LogP contribution < -0.4 is 0 Å². The third-order valence-electron chi connectivity index (χ3n) is 13.5. The zero-order chi connectivity index (χ0) is 41.2. The van der Waals surface area contributed by atoms with E-state index in [9.17, 15) is 0 Å². The van der Waals surface area contributed by atoms with Gasteiger partial charge >= 0.3 is 0 Å². The molecule has 2 aliphatic carbocycles. The summed E-state index contributed by atoms with van der Waals surface area (Å²) < 4.78 is 4.88. The first-order chi connectivity index (χ1) is 31.3. The molecule has 63 heavy (non-hydrogen) atoms. The Labute approximate surface area is 367 Å². The predicted octanol–water partition coefficient (Wildman–Crippen LogP) is 14.7. The van der Waals surface area contributed by atoms with E-state index in [1.807, 2.05) is 36.4 Å². The SMILES string of the molecule is c1ccc(-c2nc(-c3ccccc3)nc(-c3ccc(-n4c5ccccc5c5cc6c(cc54)-c4ccccc4C64c5ccccc5-c5ccccc54)c4c3sc3ccccc34)n2)cc1. The van der Waals surface area contributed by atoms with Crippen LogP contribution in [0.4, 0.5) is 0 Å². The Balaban J connectivity index is 1.06. The lowest BCUT2D eigenvalue weighted by molar-refractivity contribution is 0.795. The molecule has 0 unspecified atom stereocenters. The van der Waals surface area contributed by atoms with Crippen LogP contribution in [0.2, 0.25) is 0 Å². The summed E-state index contributed by atoms with van der Waals surface area (Å²) >= 11 is 1.81. The highest BCUT2D eigenvalue weighted by atomic mass is 32.1. The number of nitrogens with zero attached hydrogens (tertiary/aromatic N) is 4. The molecule has 0 bridgehead atoms. The highest BCUT2D eigenvalue weighted by Crippen LogP contribution is 2.63. The van der Waals surface area contributed by atoms with E-state index in [2.05, 4.69) is 174 Å². The average molecular weight is 819 g/mol. The zero-order valence-electron chi connectivity index (χ0n) is 33.8. The molecule has 14 rings (SSSR count). The van der Waals surface area contributed by atoms with Crippen LogP contribution >= 0.6 is 11.3 Å². The zero-order valence-corrected chi connectivity index (χ0v) is 34.6. The Morgan fingerprint density at radius 1 is 0.365 bits per heavy atom. The van der Waals surface area contributed by atoms with Crippen molar-refractivity contribution in [2.45, 2.75) is 5.41 Å². The van der Waals surface area contributed by atoms with Gasteiger partial charge in [-0.05, 0) is 80.9 Å². The predicted molar refractivity (Wildman–Crippen MR) is 260 cm³/mol. The van der Waals surface area contributed by atoms with E-state index in [0.29, 0.717) is 17.5 Å². The highest BCUT2D eigenvalue weighted by molar-refractivity contribution is 7.26. The van der Waals surface area contributed by atoms with Crippen molar-refractivity contribution in [2.24, 2.45) is 0 Å². The van der Waals surface area contributed by atoms with Gasteiger partial charge in [-0.1, -0.05) is 170 Å². The minimum absolute atomic E-state index is 0.420. The largest absolute Gasteiger partial charge is 0.309 e. The molecule has 0 radical (unpaired) electrons. The molecule has 0 fully saturated rings. The van der Waals surface area contributed by atoms with Crippen molar-refractivity contribution >= 4 is 53.3 Å². The van der Waals surface area contributed by atoms with E-state index in [1.165, 1.54) is 81.8 Å². The monoisotopic (exact) mass is 818 g/mol. The molecule has 1 spiro atoms. The van der Waals surface area contributed by atoms with Crippen molar-refractivity contribution in [1.82, 2.24) is 19.5 Å². The lowest BCUT2D eigenvalue weighted by Crippen LogP contribution is -2.25. The van der Waals surface area contributed by atoms with Gasteiger partial charge in [0.15, 0.2) is 17.5 Å². The molecular weight excluding hydrogens is 785 g/mol. The molecule has 0 N–H and O–H groups in total. The van der Waals surface area contributed by atoms with Crippen molar-refractivity contribution in [3.8, 4) is 62.1 Å². The molecule has 2 aliphatic rings. The Morgan fingerprint density at radius 2 is 0.889 bits per heavy atom.